The van der Waals surface area contributed by atoms with Gasteiger partial charge in [0.05, 0.1) is 0 Å². The minimum Gasteiger partial charge on any atom is -0.356 e. The van der Waals surface area contributed by atoms with Crippen LogP contribution in [0.5, 0.6) is 0 Å². The van der Waals surface area contributed by atoms with E-state index >= 15 is 0 Å². The summed E-state index contributed by atoms with van der Waals surface area (Å²) in [6.45, 7) is 3.98. The molecule has 0 radical (unpaired) electrons. The molecule has 1 saturated heterocycles. The third-order valence-electron chi connectivity index (χ3n) is 6.19. The summed E-state index contributed by atoms with van der Waals surface area (Å²) in [7, 11) is 2.23. The highest BCUT2D eigenvalue weighted by molar-refractivity contribution is 5.77. The standard InChI is InChI=1S/C23H28N2O/c1-16-4-3-5-19(10-16)18-8-6-17(7-9-18)15-25(2)22-11-20-13-23(26)24-14-21(20)12-22/h3-10,20-22H,11-15H2,1-2H3,(H,24,26)/t20-,21+,22-/m1/s1. The Kier molecular flexibility index (Phi) is 4.82. The number of aryl methyl sites for hydroxylation is 1. The molecule has 1 amide bonds. The first-order valence-electron chi connectivity index (χ1n) is 9.71. The van der Waals surface area contributed by atoms with Crippen LogP contribution < -0.4 is 5.32 Å². The smallest absolute Gasteiger partial charge is 0.220 e. The molecule has 2 aromatic rings. The van der Waals surface area contributed by atoms with Gasteiger partial charge in [-0.3, -0.25) is 9.69 Å². The first kappa shape index (κ1) is 17.3. The number of piperidine rings is 1. The average molecular weight is 348 g/mol. The zero-order valence-electron chi connectivity index (χ0n) is 15.7. The van der Waals surface area contributed by atoms with Crippen LogP contribution in [0.15, 0.2) is 48.5 Å². The molecule has 3 nitrogen and oxygen atoms in total. The van der Waals surface area contributed by atoms with E-state index in [-0.39, 0.29) is 5.91 Å². The number of fused-ring (bicyclic) bond motifs is 1. The van der Waals surface area contributed by atoms with E-state index in [0.29, 0.717) is 17.9 Å². The molecule has 4 rings (SSSR count). The van der Waals surface area contributed by atoms with Crippen LogP contribution >= 0.6 is 0 Å². The quantitative estimate of drug-likeness (QED) is 0.905. The van der Waals surface area contributed by atoms with Gasteiger partial charge in [-0.25, -0.2) is 0 Å². The summed E-state index contributed by atoms with van der Waals surface area (Å²) in [5.74, 6) is 1.49. The van der Waals surface area contributed by atoms with Crippen LogP contribution in [-0.4, -0.2) is 30.4 Å². The van der Waals surface area contributed by atoms with Gasteiger partial charge in [-0.15, -0.1) is 0 Å². The molecule has 1 saturated carbocycles. The Morgan fingerprint density at radius 3 is 2.58 bits per heavy atom. The summed E-state index contributed by atoms with van der Waals surface area (Å²) in [6.07, 6.45) is 3.10. The zero-order chi connectivity index (χ0) is 18.1. The topological polar surface area (TPSA) is 32.3 Å². The van der Waals surface area contributed by atoms with E-state index in [0.717, 1.165) is 25.9 Å². The van der Waals surface area contributed by atoms with E-state index in [4.69, 9.17) is 0 Å². The third-order valence-corrected chi connectivity index (χ3v) is 6.19. The molecule has 136 valence electrons. The molecular weight excluding hydrogens is 320 g/mol. The van der Waals surface area contributed by atoms with Crippen molar-refractivity contribution in [1.29, 1.82) is 0 Å². The Labute approximate surface area is 156 Å². The van der Waals surface area contributed by atoms with E-state index in [9.17, 15) is 4.79 Å². The molecule has 26 heavy (non-hydrogen) atoms. The Morgan fingerprint density at radius 2 is 1.81 bits per heavy atom. The maximum absolute atomic E-state index is 11.6. The van der Waals surface area contributed by atoms with E-state index < -0.39 is 0 Å². The van der Waals surface area contributed by atoms with Gasteiger partial charge in [0.2, 0.25) is 5.91 Å². The van der Waals surface area contributed by atoms with E-state index in [2.05, 4.69) is 72.7 Å². The summed E-state index contributed by atoms with van der Waals surface area (Å²) in [5, 5.41) is 3.03. The van der Waals surface area contributed by atoms with Crippen molar-refractivity contribution in [3.63, 3.8) is 0 Å². The molecule has 2 aromatic carbocycles. The van der Waals surface area contributed by atoms with Crippen LogP contribution in [0.3, 0.4) is 0 Å². The van der Waals surface area contributed by atoms with Gasteiger partial charge >= 0.3 is 0 Å². The van der Waals surface area contributed by atoms with Crippen molar-refractivity contribution in [1.82, 2.24) is 10.2 Å². The fraction of sp³-hybridized carbons (Fsp3) is 0.435. The molecular formula is C23H28N2O. The molecule has 2 aliphatic rings. The van der Waals surface area contributed by atoms with Crippen molar-refractivity contribution in [3.8, 4) is 11.1 Å². The second-order valence-electron chi connectivity index (χ2n) is 8.14. The highest BCUT2D eigenvalue weighted by Gasteiger charge is 2.39. The predicted octanol–water partition coefficient (Wildman–Crippen LogP) is 4.01. The van der Waals surface area contributed by atoms with Gasteiger partial charge in [-0.05, 0) is 55.3 Å². The molecule has 0 unspecified atom stereocenters. The SMILES string of the molecule is Cc1cccc(-c2ccc(CN(C)[C@H]3C[C@H]4CNC(=O)C[C@H]4C3)cc2)c1. The molecule has 1 aliphatic carbocycles. The van der Waals surface area contributed by atoms with Gasteiger partial charge in [0.1, 0.15) is 0 Å². The number of benzene rings is 2. The van der Waals surface area contributed by atoms with Crippen LogP contribution in [0.1, 0.15) is 30.4 Å². The lowest BCUT2D eigenvalue weighted by atomic mass is 9.89. The average Bonchev–Trinajstić information content (AvgIpc) is 3.05. The van der Waals surface area contributed by atoms with E-state index in [1.54, 1.807) is 0 Å². The van der Waals surface area contributed by atoms with Crippen LogP contribution in [0.4, 0.5) is 0 Å². The monoisotopic (exact) mass is 348 g/mol. The summed E-state index contributed by atoms with van der Waals surface area (Å²) in [6, 6.07) is 18.2. The van der Waals surface area contributed by atoms with Gasteiger partial charge in [0.25, 0.3) is 0 Å². The summed E-state index contributed by atoms with van der Waals surface area (Å²) in [4.78, 5) is 14.1. The highest BCUT2D eigenvalue weighted by atomic mass is 16.1. The van der Waals surface area contributed by atoms with Crippen molar-refractivity contribution in [2.45, 2.75) is 38.8 Å². The van der Waals surface area contributed by atoms with Crippen LogP contribution in [-0.2, 0) is 11.3 Å². The minimum atomic E-state index is 0.237. The van der Waals surface area contributed by atoms with Gasteiger partial charge in [-0.2, -0.15) is 0 Å². The number of nitrogens with one attached hydrogen (secondary N) is 1. The molecule has 0 aromatic heterocycles. The van der Waals surface area contributed by atoms with Crippen molar-refractivity contribution in [2.75, 3.05) is 13.6 Å². The van der Waals surface area contributed by atoms with Gasteiger partial charge in [0.15, 0.2) is 0 Å². The van der Waals surface area contributed by atoms with Crippen molar-refractivity contribution in [3.05, 3.63) is 59.7 Å². The molecule has 1 heterocycles. The Balaban J connectivity index is 1.39. The second-order valence-corrected chi connectivity index (χ2v) is 8.14. The number of hydrogen-bond donors (Lipinski definition) is 1. The van der Waals surface area contributed by atoms with Crippen molar-refractivity contribution in [2.24, 2.45) is 11.8 Å². The predicted molar refractivity (Wildman–Crippen MR) is 106 cm³/mol. The molecule has 1 aliphatic heterocycles. The fourth-order valence-electron chi connectivity index (χ4n) is 4.64. The minimum absolute atomic E-state index is 0.237. The Morgan fingerprint density at radius 1 is 1.04 bits per heavy atom. The van der Waals surface area contributed by atoms with Crippen molar-refractivity contribution >= 4 is 5.91 Å². The fourth-order valence-corrected chi connectivity index (χ4v) is 4.64. The number of carbonyl (C=O) groups excluding carboxylic acids is 1. The zero-order valence-corrected chi connectivity index (χ0v) is 15.7. The second kappa shape index (κ2) is 7.24. The van der Waals surface area contributed by atoms with Gasteiger partial charge < -0.3 is 5.32 Å². The summed E-state index contributed by atoms with van der Waals surface area (Å²) < 4.78 is 0. The Hall–Kier alpha value is -2.13. The lowest BCUT2D eigenvalue weighted by molar-refractivity contribution is -0.124. The molecule has 0 spiro atoms. The maximum atomic E-state index is 11.6. The first-order chi connectivity index (χ1) is 12.6. The lowest BCUT2D eigenvalue weighted by Crippen LogP contribution is -2.38. The third kappa shape index (κ3) is 3.68. The van der Waals surface area contributed by atoms with Gasteiger partial charge in [0, 0.05) is 25.6 Å². The number of carbonyl (C=O) groups is 1. The number of rotatable bonds is 4. The highest BCUT2D eigenvalue weighted by Crippen LogP contribution is 2.38. The molecule has 3 heteroatoms. The molecule has 3 atom stereocenters. The number of nitrogens with zero attached hydrogens (tertiary/aromatic N) is 1. The van der Waals surface area contributed by atoms with Crippen LogP contribution in [0.2, 0.25) is 0 Å². The molecule has 1 N–H and O–H groups in total. The molecule has 0 bridgehead atoms. The van der Waals surface area contributed by atoms with Crippen LogP contribution in [0.25, 0.3) is 11.1 Å². The number of hydrogen-bond acceptors (Lipinski definition) is 2. The van der Waals surface area contributed by atoms with Crippen molar-refractivity contribution < 1.29 is 4.79 Å². The normalized spacial score (nSPS) is 25.2. The summed E-state index contributed by atoms with van der Waals surface area (Å²) in [5.41, 5.74) is 5.20. The summed E-state index contributed by atoms with van der Waals surface area (Å²) >= 11 is 0. The van der Waals surface area contributed by atoms with Crippen LogP contribution in [0, 0.1) is 18.8 Å². The lowest BCUT2D eigenvalue weighted by Gasteiger charge is -2.24. The first-order valence-corrected chi connectivity index (χ1v) is 9.71. The van der Waals surface area contributed by atoms with E-state index in [1.807, 2.05) is 0 Å². The maximum Gasteiger partial charge on any atom is 0.220 e. The Bertz CT molecular complexity index is 783. The largest absolute Gasteiger partial charge is 0.356 e. The van der Waals surface area contributed by atoms with E-state index in [1.165, 1.54) is 28.7 Å². The molecule has 2 fully saturated rings. The number of amides is 1. The van der Waals surface area contributed by atoms with Gasteiger partial charge in [-0.1, -0.05) is 54.1 Å².